The van der Waals surface area contributed by atoms with Crippen molar-refractivity contribution < 1.29 is 14.0 Å². The molecule has 8 nitrogen and oxygen atoms in total. The van der Waals surface area contributed by atoms with E-state index in [2.05, 4.69) is 20.2 Å². The normalized spacial score (nSPS) is 16.7. The molecule has 2 amide bonds. The average Bonchev–Trinajstić information content (AvgIpc) is 3.23. The van der Waals surface area contributed by atoms with Crippen molar-refractivity contribution in [3.63, 3.8) is 0 Å². The van der Waals surface area contributed by atoms with Gasteiger partial charge in [0, 0.05) is 38.2 Å². The number of anilines is 1. The van der Waals surface area contributed by atoms with Gasteiger partial charge in [-0.15, -0.1) is 0 Å². The molecule has 1 N–H and O–H groups in total. The Morgan fingerprint density at radius 3 is 2.90 bits per heavy atom. The van der Waals surface area contributed by atoms with Gasteiger partial charge in [-0.2, -0.15) is 0 Å². The highest BCUT2D eigenvalue weighted by Crippen LogP contribution is 2.24. The molecule has 1 atom stereocenters. The van der Waals surface area contributed by atoms with E-state index in [1.165, 1.54) is 11.8 Å². The summed E-state index contributed by atoms with van der Waals surface area (Å²) in [5.41, 5.74) is 0. The van der Waals surface area contributed by atoms with Gasteiger partial charge in [-0.1, -0.05) is 30.3 Å². The third kappa shape index (κ3) is 5.86. The van der Waals surface area contributed by atoms with Crippen LogP contribution < -0.4 is 10.2 Å². The topological polar surface area (TPSA) is 91.6 Å². The number of nitrogens with zero attached hydrogens (tertiary/aromatic N) is 4. The van der Waals surface area contributed by atoms with Crippen molar-refractivity contribution in [2.45, 2.75) is 38.0 Å². The van der Waals surface area contributed by atoms with Gasteiger partial charge < -0.3 is 19.5 Å². The number of carbonyl (C=O) groups excluding carboxylic acids is 2. The van der Waals surface area contributed by atoms with Crippen molar-refractivity contribution >= 4 is 41.0 Å². The van der Waals surface area contributed by atoms with Gasteiger partial charge in [-0.05, 0) is 19.1 Å². The third-order valence-corrected chi connectivity index (χ3v) is 5.65. The first-order valence-corrected chi connectivity index (χ1v) is 10.8. The lowest BCUT2D eigenvalue weighted by molar-refractivity contribution is -0.133. The number of aromatic nitrogens is 2. The molecular formula is C19H24ClN5O3S. The summed E-state index contributed by atoms with van der Waals surface area (Å²) in [5.74, 6) is 1.60. The summed E-state index contributed by atoms with van der Waals surface area (Å²) >= 11 is 7.41. The number of halogens is 1. The van der Waals surface area contributed by atoms with Crippen LogP contribution in [0, 0.1) is 0 Å². The van der Waals surface area contributed by atoms with E-state index in [1.54, 1.807) is 24.5 Å². The number of hydrogen-bond acceptors (Lipinski definition) is 7. The fraction of sp³-hybridized carbons (Fsp3) is 0.474. The quantitative estimate of drug-likeness (QED) is 0.404. The lowest BCUT2D eigenvalue weighted by atomic mass is 10.1. The molecule has 0 aliphatic carbocycles. The summed E-state index contributed by atoms with van der Waals surface area (Å²) in [6.07, 6.45) is 2.07. The molecule has 0 saturated carbocycles. The molecule has 1 unspecified atom stereocenters. The first-order valence-electron chi connectivity index (χ1n) is 9.47. The molecule has 0 aromatic carbocycles. The molecule has 10 heteroatoms. The number of amides is 2. The number of carbonyl (C=O) groups is 2. The Kier molecular flexibility index (Phi) is 7.38. The monoisotopic (exact) mass is 437 g/mol. The maximum atomic E-state index is 12.0. The Morgan fingerprint density at radius 2 is 2.21 bits per heavy atom. The molecule has 2 aromatic rings. The summed E-state index contributed by atoms with van der Waals surface area (Å²) in [6.45, 7) is 6.24. The van der Waals surface area contributed by atoms with Crippen molar-refractivity contribution in [3.05, 3.63) is 35.4 Å². The van der Waals surface area contributed by atoms with E-state index < -0.39 is 0 Å². The van der Waals surface area contributed by atoms with E-state index in [0.29, 0.717) is 54.5 Å². The largest absolute Gasteiger partial charge is 0.467 e. The summed E-state index contributed by atoms with van der Waals surface area (Å²) in [5, 5.41) is 3.56. The summed E-state index contributed by atoms with van der Waals surface area (Å²) in [7, 11) is 0. The van der Waals surface area contributed by atoms with Gasteiger partial charge in [0.1, 0.15) is 16.7 Å². The van der Waals surface area contributed by atoms with Crippen molar-refractivity contribution in [1.82, 2.24) is 20.2 Å². The first-order chi connectivity index (χ1) is 14.0. The van der Waals surface area contributed by atoms with Gasteiger partial charge in [0.15, 0.2) is 5.16 Å². The van der Waals surface area contributed by atoms with E-state index in [0.717, 1.165) is 0 Å². The standard InChI is InChI=1S/C19H24ClN5O3S/c1-3-18(27)25-7-6-24(11-13(25)2)16-9-15(20)22-19(23-16)29-12-17(26)21-10-14-5-4-8-28-14/h4-5,8-9,13H,3,6-7,10-12H2,1-2H3,(H,21,26). The predicted molar refractivity (Wildman–Crippen MR) is 112 cm³/mol. The lowest BCUT2D eigenvalue weighted by Crippen LogP contribution is -2.54. The van der Waals surface area contributed by atoms with E-state index >= 15 is 0 Å². The molecule has 1 aliphatic heterocycles. The van der Waals surface area contributed by atoms with Gasteiger partial charge in [0.2, 0.25) is 11.8 Å². The van der Waals surface area contributed by atoms with Gasteiger partial charge in [0.25, 0.3) is 0 Å². The van der Waals surface area contributed by atoms with Crippen LogP contribution in [0.3, 0.4) is 0 Å². The van der Waals surface area contributed by atoms with E-state index in [9.17, 15) is 9.59 Å². The molecule has 3 rings (SSSR count). The summed E-state index contributed by atoms with van der Waals surface area (Å²) in [4.78, 5) is 36.8. The molecule has 29 heavy (non-hydrogen) atoms. The van der Waals surface area contributed by atoms with Crippen molar-refractivity contribution in [1.29, 1.82) is 0 Å². The van der Waals surface area contributed by atoms with Crippen molar-refractivity contribution in [2.75, 3.05) is 30.3 Å². The number of hydrogen-bond donors (Lipinski definition) is 1. The molecule has 156 valence electrons. The molecule has 0 spiro atoms. The molecule has 1 fully saturated rings. The van der Waals surface area contributed by atoms with Gasteiger partial charge in [-0.25, -0.2) is 9.97 Å². The lowest BCUT2D eigenvalue weighted by Gasteiger charge is -2.40. The minimum absolute atomic E-state index is 0.0911. The highest BCUT2D eigenvalue weighted by Gasteiger charge is 2.27. The maximum Gasteiger partial charge on any atom is 0.230 e. The SMILES string of the molecule is CCC(=O)N1CCN(c2cc(Cl)nc(SCC(=O)NCc3ccco3)n2)CC1C. The second-order valence-corrected chi connectivity index (χ2v) is 8.04. The summed E-state index contributed by atoms with van der Waals surface area (Å²) in [6, 6.07) is 5.38. The molecule has 1 aliphatic rings. The number of rotatable bonds is 7. The number of thioether (sulfide) groups is 1. The van der Waals surface area contributed by atoms with Crippen LogP contribution in [0.15, 0.2) is 34.0 Å². The smallest absolute Gasteiger partial charge is 0.230 e. The second kappa shape index (κ2) is 9.98. The molecule has 0 bridgehead atoms. The molecule has 3 heterocycles. The van der Waals surface area contributed by atoms with Crippen LogP contribution in [0.4, 0.5) is 5.82 Å². The second-order valence-electron chi connectivity index (χ2n) is 6.71. The Morgan fingerprint density at radius 1 is 1.38 bits per heavy atom. The third-order valence-electron chi connectivity index (χ3n) is 4.61. The molecule has 1 saturated heterocycles. The Labute approximate surface area is 179 Å². The van der Waals surface area contributed by atoms with E-state index in [1.807, 2.05) is 18.7 Å². The summed E-state index contributed by atoms with van der Waals surface area (Å²) < 4.78 is 5.19. The number of nitrogens with one attached hydrogen (secondary N) is 1. The minimum Gasteiger partial charge on any atom is -0.467 e. The highest BCUT2D eigenvalue weighted by molar-refractivity contribution is 7.99. The van der Waals surface area contributed by atoms with Crippen LogP contribution in [0.5, 0.6) is 0 Å². The van der Waals surface area contributed by atoms with Gasteiger partial charge in [0.05, 0.1) is 18.6 Å². The van der Waals surface area contributed by atoms with Crippen molar-refractivity contribution in [2.24, 2.45) is 0 Å². The van der Waals surface area contributed by atoms with Crippen LogP contribution in [-0.2, 0) is 16.1 Å². The zero-order valence-electron chi connectivity index (χ0n) is 16.4. The maximum absolute atomic E-state index is 12.0. The molecule has 2 aromatic heterocycles. The number of furan rings is 1. The van der Waals surface area contributed by atoms with Gasteiger partial charge >= 0.3 is 0 Å². The van der Waals surface area contributed by atoms with E-state index in [4.69, 9.17) is 16.0 Å². The fourth-order valence-electron chi connectivity index (χ4n) is 3.13. The predicted octanol–water partition coefficient (Wildman–Crippen LogP) is 2.58. The van der Waals surface area contributed by atoms with Crippen LogP contribution in [0.25, 0.3) is 0 Å². The van der Waals surface area contributed by atoms with Crippen LogP contribution in [0.2, 0.25) is 5.15 Å². The Hall–Kier alpha value is -2.26. The fourth-order valence-corrected chi connectivity index (χ4v) is 4.04. The van der Waals surface area contributed by atoms with Crippen molar-refractivity contribution in [3.8, 4) is 0 Å². The van der Waals surface area contributed by atoms with E-state index in [-0.39, 0.29) is 23.6 Å². The Balaban J connectivity index is 1.57. The van der Waals surface area contributed by atoms with Gasteiger partial charge in [-0.3, -0.25) is 9.59 Å². The molecule has 0 radical (unpaired) electrons. The zero-order chi connectivity index (χ0) is 20.8. The van der Waals surface area contributed by atoms with Crippen LogP contribution in [0.1, 0.15) is 26.0 Å². The minimum atomic E-state index is -0.142. The molecular weight excluding hydrogens is 414 g/mol. The van der Waals surface area contributed by atoms with Crippen LogP contribution in [-0.4, -0.2) is 58.1 Å². The van der Waals surface area contributed by atoms with Crippen LogP contribution >= 0.6 is 23.4 Å². The zero-order valence-corrected chi connectivity index (χ0v) is 18.0. The highest BCUT2D eigenvalue weighted by atomic mass is 35.5. The number of piperazine rings is 1. The average molecular weight is 438 g/mol. The first kappa shape index (κ1) is 21.4. The Bertz CT molecular complexity index is 848.